The fourth-order valence-electron chi connectivity index (χ4n) is 1.60. The normalized spacial score (nSPS) is 13.0. The third-order valence-corrected chi connectivity index (χ3v) is 2.93. The summed E-state index contributed by atoms with van der Waals surface area (Å²) in [6.45, 7) is 3.27. The third kappa shape index (κ3) is 4.73. The van der Waals surface area contributed by atoms with E-state index in [2.05, 4.69) is 10.3 Å². The van der Waals surface area contributed by atoms with Crippen molar-refractivity contribution in [3.63, 3.8) is 0 Å². The van der Waals surface area contributed by atoms with E-state index in [0.717, 1.165) is 12.1 Å². The number of aromatic nitrogens is 1. The molecule has 0 saturated heterocycles. The van der Waals surface area contributed by atoms with E-state index >= 15 is 0 Å². The zero-order valence-corrected chi connectivity index (χ0v) is 11.4. The van der Waals surface area contributed by atoms with Crippen LogP contribution in [0, 0.1) is 11.8 Å². The summed E-state index contributed by atoms with van der Waals surface area (Å²) in [5, 5.41) is 11.3. The van der Waals surface area contributed by atoms with Crippen molar-refractivity contribution in [1.82, 2.24) is 10.3 Å². The minimum atomic E-state index is -4.52. The second-order valence-electron chi connectivity index (χ2n) is 4.83. The van der Waals surface area contributed by atoms with Crippen molar-refractivity contribution in [2.45, 2.75) is 20.0 Å². The number of carbonyl (C=O) groups excluding carboxylic acids is 1. The molecule has 0 saturated carbocycles. The Kier molecular flexibility index (Phi) is 5.28. The van der Waals surface area contributed by atoms with Gasteiger partial charge in [-0.15, -0.1) is 0 Å². The molecule has 0 aliphatic rings. The summed E-state index contributed by atoms with van der Waals surface area (Å²) in [6, 6.07) is 1.70. The maximum absolute atomic E-state index is 12.3. The quantitative estimate of drug-likeness (QED) is 0.874. The standard InChI is InChI=1S/C13H15F3N2O3/c1-7(2)9(12(20)21)6-18-11(19)10-4-3-8(5-17-10)13(14,15)16/h3-5,7,9H,6H2,1-2H3,(H,18,19)(H,20,21). The van der Waals surface area contributed by atoms with Crippen LogP contribution in [-0.2, 0) is 11.0 Å². The number of nitrogens with zero attached hydrogens (tertiary/aromatic N) is 1. The van der Waals surface area contributed by atoms with Gasteiger partial charge in [-0.3, -0.25) is 14.6 Å². The molecule has 21 heavy (non-hydrogen) atoms. The predicted octanol–water partition coefficient (Wildman–Crippen LogP) is 2.19. The molecule has 1 amide bonds. The van der Waals surface area contributed by atoms with Crippen molar-refractivity contribution in [2.24, 2.45) is 11.8 Å². The zero-order chi connectivity index (χ0) is 16.2. The molecule has 1 aromatic heterocycles. The molecule has 1 unspecified atom stereocenters. The lowest BCUT2D eigenvalue weighted by molar-refractivity contribution is -0.143. The summed E-state index contributed by atoms with van der Waals surface area (Å²) in [7, 11) is 0. The molecule has 2 N–H and O–H groups in total. The molecule has 0 radical (unpaired) electrons. The molecule has 5 nitrogen and oxygen atoms in total. The van der Waals surface area contributed by atoms with Crippen molar-refractivity contribution in [3.05, 3.63) is 29.6 Å². The van der Waals surface area contributed by atoms with E-state index in [-0.39, 0.29) is 18.2 Å². The molecule has 1 rings (SSSR count). The van der Waals surface area contributed by atoms with Gasteiger partial charge in [0.25, 0.3) is 5.91 Å². The van der Waals surface area contributed by atoms with Crippen LogP contribution in [0.25, 0.3) is 0 Å². The molecule has 116 valence electrons. The van der Waals surface area contributed by atoms with Crippen LogP contribution in [0.3, 0.4) is 0 Å². The lowest BCUT2D eigenvalue weighted by atomic mass is 9.96. The minimum Gasteiger partial charge on any atom is -0.481 e. The number of hydrogen-bond acceptors (Lipinski definition) is 3. The number of alkyl halides is 3. The van der Waals surface area contributed by atoms with Gasteiger partial charge in [0.2, 0.25) is 0 Å². The van der Waals surface area contributed by atoms with Crippen LogP contribution in [0.2, 0.25) is 0 Å². The number of carboxylic acid groups (broad SMARTS) is 1. The number of pyridine rings is 1. The number of aliphatic carboxylic acids is 1. The van der Waals surface area contributed by atoms with E-state index in [1.165, 1.54) is 0 Å². The first-order chi connectivity index (χ1) is 9.62. The Morgan fingerprint density at radius 2 is 1.95 bits per heavy atom. The number of rotatable bonds is 5. The molecule has 1 atom stereocenters. The summed E-state index contributed by atoms with van der Waals surface area (Å²) in [5.74, 6) is -2.73. The highest BCUT2D eigenvalue weighted by atomic mass is 19.4. The van der Waals surface area contributed by atoms with Crippen molar-refractivity contribution >= 4 is 11.9 Å². The molecule has 0 spiro atoms. The molecule has 0 bridgehead atoms. The van der Waals surface area contributed by atoms with Gasteiger partial charge >= 0.3 is 12.1 Å². The third-order valence-electron chi connectivity index (χ3n) is 2.93. The number of nitrogens with one attached hydrogen (secondary N) is 1. The Morgan fingerprint density at radius 1 is 1.33 bits per heavy atom. The SMILES string of the molecule is CC(C)C(CNC(=O)c1ccc(C(F)(F)F)cn1)C(=O)O. The van der Waals surface area contributed by atoms with Crippen molar-refractivity contribution in [1.29, 1.82) is 0 Å². The highest BCUT2D eigenvalue weighted by Crippen LogP contribution is 2.28. The molecule has 1 aromatic rings. The minimum absolute atomic E-state index is 0.117. The Labute approximate surface area is 119 Å². The van der Waals surface area contributed by atoms with Gasteiger partial charge in [0.05, 0.1) is 11.5 Å². The molecular weight excluding hydrogens is 289 g/mol. The van der Waals surface area contributed by atoms with Crippen LogP contribution in [0.15, 0.2) is 18.3 Å². The van der Waals surface area contributed by atoms with E-state index in [4.69, 9.17) is 5.11 Å². The molecule has 0 fully saturated rings. The van der Waals surface area contributed by atoms with E-state index in [1.54, 1.807) is 13.8 Å². The number of hydrogen-bond donors (Lipinski definition) is 2. The summed E-state index contributed by atoms with van der Waals surface area (Å²) in [6.07, 6.45) is -3.96. The van der Waals surface area contributed by atoms with Crippen LogP contribution in [-0.4, -0.2) is 28.5 Å². The second-order valence-corrected chi connectivity index (χ2v) is 4.83. The first-order valence-electron chi connectivity index (χ1n) is 6.17. The Balaban J connectivity index is 2.70. The van der Waals surface area contributed by atoms with Crippen molar-refractivity contribution < 1.29 is 27.9 Å². The van der Waals surface area contributed by atoms with Gasteiger partial charge in [-0.1, -0.05) is 13.8 Å². The van der Waals surface area contributed by atoms with Gasteiger partial charge in [0, 0.05) is 12.7 Å². The largest absolute Gasteiger partial charge is 0.481 e. The average Bonchev–Trinajstić information content (AvgIpc) is 2.37. The van der Waals surface area contributed by atoms with Gasteiger partial charge in [-0.2, -0.15) is 13.2 Å². The molecule has 1 heterocycles. The van der Waals surface area contributed by atoms with E-state index in [9.17, 15) is 22.8 Å². The fraction of sp³-hybridized carbons (Fsp3) is 0.462. The molecule has 8 heteroatoms. The maximum atomic E-state index is 12.3. The van der Waals surface area contributed by atoms with Gasteiger partial charge in [-0.25, -0.2) is 0 Å². The van der Waals surface area contributed by atoms with E-state index in [0.29, 0.717) is 6.20 Å². The first-order valence-corrected chi connectivity index (χ1v) is 6.17. The molecular formula is C13H15F3N2O3. The average molecular weight is 304 g/mol. The Morgan fingerprint density at radius 3 is 2.33 bits per heavy atom. The van der Waals surface area contributed by atoms with Crippen molar-refractivity contribution in [2.75, 3.05) is 6.54 Å². The van der Waals surface area contributed by atoms with Crippen molar-refractivity contribution in [3.8, 4) is 0 Å². The van der Waals surface area contributed by atoms with Gasteiger partial charge in [0.15, 0.2) is 0 Å². The Bertz CT molecular complexity index is 512. The highest BCUT2D eigenvalue weighted by molar-refractivity contribution is 5.92. The smallest absolute Gasteiger partial charge is 0.417 e. The monoisotopic (exact) mass is 304 g/mol. The second kappa shape index (κ2) is 6.55. The van der Waals surface area contributed by atoms with Crippen LogP contribution in [0.4, 0.5) is 13.2 Å². The lowest BCUT2D eigenvalue weighted by Gasteiger charge is -2.16. The van der Waals surface area contributed by atoms with Crippen LogP contribution in [0.1, 0.15) is 29.9 Å². The fourth-order valence-corrected chi connectivity index (χ4v) is 1.60. The predicted molar refractivity (Wildman–Crippen MR) is 67.5 cm³/mol. The van der Waals surface area contributed by atoms with Crippen LogP contribution >= 0.6 is 0 Å². The van der Waals surface area contributed by atoms with Crippen LogP contribution in [0.5, 0.6) is 0 Å². The molecule has 0 aliphatic carbocycles. The summed E-state index contributed by atoms with van der Waals surface area (Å²) >= 11 is 0. The van der Waals surface area contributed by atoms with Gasteiger partial charge < -0.3 is 10.4 Å². The number of amides is 1. The maximum Gasteiger partial charge on any atom is 0.417 e. The molecule has 0 aromatic carbocycles. The van der Waals surface area contributed by atoms with Gasteiger partial charge in [-0.05, 0) is 18.1 Å². The lowest BCUT2D eigenvalue weighted by Crippen LogP contribution is -2.35. The zero-order valence-electron chi connectivity index (χ0n) is 11.4. The highest BCUT2D eigenvalue weighted by Gasteiger charge is 2.31. The molecule has 0 aliphatic heterocycles. The number of carboxylic acids is 1. The van der Waals surface area contributed by atoms with Gasteiger partial charge in [0.1, 0.15) is 5.69 Å². The summed E-state index contributed by atoms with van der Waals surface area (Å²) < 4.78 is 37.0. The number of halogens is 3. The van der Waals surface area contributed by atoms with E-state index < -0.39 is 29.5 Å². The number of carbonyl (C=O) groups is 2. The topological polar surface area (TPSA) is 79.3 Å². The Hall–Kier alpha value is -2.12. The first kappa shape index (κ1) is 16.9. The van der Waals surface area contributed by atoms with Crippen LogP contribution < -0.4 is 5.32 Å². The summed E-state index contributed by atoms with van der Waals surface area (Å²) in [5.41, 5.74) is -1.15. The van der Waals surface area contributed by atoms with E-state index in [1.807, 2.05) is 0 Å². The summed E-state index contributed by atoms with van der Waals surface area (Å²) in [4.78, 5) is 26.1.